The second-order valence-electron chi connectivity index (χ2n) is 6.85. The van der Waals surface area contributed by atoms with Gasteiger partial charge in [0.1, 0.15) is 0 Å². The molecule has 0 radical (unpaired) electrons. The highest BCUT2D eigenvalue weighted by atomic mass is 35.5. The summed E-state index contributed by atoms with van der Waals surface area (Å²) in [6, 6.07) is 20.3. The Labute approximate surface area is 169 Å². The Morgan fingerprint density at radius 1 is 0.929 bits per heavy atom. The fourth-order valence-electron chi connectivity index (χ4n) is 2.89. The standard InChI is InChI=1S/C22H22ClN3O2/c1-15(26(2)14-21(27)24-19-11-8-18(23)9-12-19)22(28)25-20-10-7-16-5-3-4-6-17(16)13-20/h3-13,15H,14H2,1-2H3,(H,24,27)(H,25,28)/p+1/t15-/m0/s1. The number of quaternary nitrogens is 1. The van der Waals surface area contributed by atoms with Crippen LogP contribution in [0.2, 0.25) is 5.02 Å². The molecule has 2 amide bonds. The first-order valence-corrected chi connectivity index (χ1v) is 9.47. The average Bonchev–Trinajstić information content (AvgIpc) is 2.69. The van der Waals surface area contributed by atoms with E-state index < -0.39 is 0 Å². The minimum Gasteiger partial charge on any atom is -0.321 e. The molecule has 0 aromatic heterocycles. The van der Waals surface area contributed by atoms with Crippen LogP contribution in [-0.4, -0.2) is 31.4 Å². The number of benzene rings is 3. The number of hydrogen-bond acceptors (Lipinski definition) is 2. The zero-order valence-electron chi connectivity index (χ0n) is 15.8. The van der Waals surface area contributed by atoms with Gasteiger partial charge in [0.2, 0.25) is 0 Å². The second-order valence-corrected chi connectivity index (χ2v) is 7.29. The minimum absolute atomic E-state index is 0.132. The van der Waals surface area contributed by atoms with Crippen molar-refractivity contribution in [3.8, 4) is 0 Å². The molecule has 3 rings (SSSR count). The molecule has 0 fully saturated rings. The zero-order valence-corrected chi connectivity index (χ0v) is 16.6. The molecule has 28 heavy (non-hydrogen) atoms. The van der Waals surface area contributed by atoms with E-state index in [1.807, 2.05) is 49.5 Å². The number of rotatable bonds is 6. The van der Waals surface area contributed by atoms with E-state index in [1.54, 1.807) is 31.2 Å². The summed E-state index contributed by atoms with van der Waals surface area (Å²) >= 11 is 5.85. The van der Waals surface area contributed by atoms with Gasteiger partial charge in [-0.25, -0.2) is 0 Å². The summed E-state index contributed by atoms with van der Waals surface area (Å²) in [4.78, 5) is 25.6. The van der Waals surface area contributed by atoms with Crippen LogP contribution in [0.5, 0.6) is 0 Å². The second kappa shape index (κ2) is 8.87. The van der Waals surface area contributed by atoms with Gasteiger partial charge in [0.05, 0.1) is 7.05 Å². The third kappa shape index (κ3) is 5.09. The quantitative estimate of drug-likeness (QED) is 0.599. The van der Waals surface area contributed by atoms with Gasteiger partial charge in [-0.2, -0.15) is 0 Å². The molecule has 0 aliphatic heterocycles. The van der Waals surface area contributed by atoms with E-state index in [0.29, 0.717) is 10.7 Å². The molecule has 6 heteroatoms. The van der Waals surface area contributed by atoms with E-state index in [-0.39, 0.29) is 24.4 Å². The maximum atomic E-state index is 12.6. The van der Waals surface area contributed by atoms with Crippen molar-refractivity contribution in [1.29, 1.82) is 0 Å². The fourth-order valence-corrected chi connectivity index (χ4v) is 3.01. The summed E-state index contributed by atoms with van der Waals surface area (Å²) < 4.78 is 0. The normalized spacial score (nSPS) is 13.0. The molecule has 1 unspecified atom stereocenters. The summed E-state index contributed by atoms with van der Waals surface area (Å²) in [5.41, 5.74) is 1.42. The number of nitrogens with one attached hydrogen (secondary N) is 3. The summed E-state index contributed by atoms with van der Waals surface area (Å²) in [5.74, 6) is -0.294. The van der Waals surface area contributed by atoms with Crippen LogP contribution in [0, 0.1) is 0 Å². The van der Waals surface area contributed by atoms with Crippen LogP contribution < -0.4 is 15.5 Å². The lowest BCUT2D eigenvalue weighted by Gasteiger charge is -2.20. The summed E-state index contributed by atoms with van der Waals surface area (Å²) in [6.45, 7) is 1.98. The molecule has 0 aliphatic carbocycles. The van der Waals surface area contributed by atoms with Crippen LogP contribution in [0.3, 0.4) is 0 Å². The highest BCUT2D eigenvalue weighted by Gasteiger charge is 2.24. The van der Waals surface area contributed by atoms with Crippen molar-refractivity contribution in [1.82, 2.24) is 0 Å². The maximum Gasteiger partial charge on any atom is 0.282 e. The van der Waals surface area contributed by atoms with Crippen molar-refractivity contribution >= 4 is 45.6 Å². The molecule has 0 saturated carbocycles. The first-order chi connectivity index (χ1) is 13.4. The lowest BCUT2D eigenvalue weighted by Crippen LogP contribution is -3.14. The third-order valence-corrected chi connectivity index (χ3v) is 4.97. The van der Waals surface area contributed by atoms with Gasteiger partial charge in [-0.3, -0.25) is 9.59 Å². The number of amides is 2. The molecule has 0 spiro atoms. The first-order valence-electron chi connectivity index (χ1n) is 9.10. The van der Waals surface area contributed by atoms with Crippen molar-refractivity contribution in [2.24, 2.45) is 0 Å². The van der Waals surface area contributed by atoms with E-state index >= 15 is 0 Å². The van der Waals surface area contributed by atoms with E-state index in [9.17, 15) is 9.59 Å². The first kappa shape index (κ1) is 19.9. The Bertz CT molecular complexity index is 988. The van der Waals surface area contributed by atoms with Crippen LogP contribution in [0.15, 0.2) is 66.7 Å². The minimum atomic E-state index is -0.387. The van der Waals surface area contributed by atoms with Crippen molar-refractivity contribution in [3.63, 3.8) is 0 Å². The Balaban J connectivity index is 1.56. The predicted octanol–water partition coefficient (Wildman–Crippen LogP) is 2.97. The molecular formula is C22H23ClN3O2+. The van der Waals surface area contributed by atoms with Gasteiger partial charge in [-0.05, 0) is 54.1 Å². The van der Waals surface area contributed by atoms with Gasteiger partial charge in [0.15, 0.2) is 12.6 Å². The number of fused-ring (bicyclic) bond motifs is 1. The number of anilines is 2. The molecule has 5 nitrogen and oxygen atoms in total. The largest absolute Gasteiger partial charge is 0.321 e. The van der Waals surface area contributed by atoms with Crippen LogP contribution in [0.4, 0.5) is 11.4 Å². The van der Waals surface area contributed by atoms with Crippen LogP contribution in [0.1, 0.15) is 6.92 Å². The van der Waals surface area contributed by atoms with Crippen molar-refractivity contribution in [3.05, 3.63) is 71.8 Å². The maximum absolute atomic E-state index is 12.6. The highest BCUT2D eigenvalue weighted by molar-refractivity contribution is 6.30. The van der Waals surface area contributed by atoms with Crippen molar-refractivity contribution in [2.45, 2.75) is 13.0 Å². The topological polar surface area (TPSA) is 62.6 Å². The molecule has 144 valence electrons. The molecule has 0 heterocycles. The molecule has 3 aromatic rings. The van der Waals surface area contributed by atoms with Gasteiger partial charge < -0.3 is 15.5 Å². The van der Waals surface area contributed by atoms with E-state index in [4.69, 9.17) is 11.6 Å². The zero-order chi connectivity index (χ0) is 20.1. The summed E-state index contributed by atoms with van der Waals surface area (Å²) in [6.07, 6.45) is 0. The van der Waals surface area contributed by atoms with Gasteiger partial charge in [0.25, 0.3) is 11.8 Å². The molecule has 0 aliphatic rings. The Morgan fingerprint density at radius 3 is 2.29 bits per heavy atom. The molecule has 3 aromatic carbocycles. The third-order valence-electron chi connectivity index (χ3n) is 4.72. The van der Waals surface area contributed by atoms with Gasteiger partial charge in [-0.1, -0.05) is 41.9 Å². The fraction of sp³-hybridized carbons (Fsp3) is 0.182. The molecular weight excluding hydrogens is 374 g/mol. The van der Waals surface area contributed by atoms with Gasteiger partial charge in [0, 0.05) is 16.4 Å². The van der Waals surface area contributed by atoms with Crippen molar-refractivity contribution < 1.29 is 14.5 Å². The van der Waals surface area contributed by atoms with Gasteiger partial charge >= 0.3 is 0 Å². The number of carbonyl (C=O) groups is 2. The van der Waals surface area contributed by atoms with E-state index in [2.05, 4.69) is 10.6 Å². The lowest BCUT2D eigenvalue weighted by molar-refractivity contribution is -0.885. The van der Waals surface area contributed by atoms with Crippen LogP contribution >= 0.6 is 11.6 Å². The monoisotopic (exact) mass is 396 g/mol. The number of halogens is 1. The van der Waals surface area contributed by atoms with Crippen molar-refractivity contribution in [2.75, 3.05) is 24.2 Å². The highest BCUT2D eigenvalue weighted by Crippen LogP contribution is 2.18. The lowest BCUT2D eigenvalue weighted by atomic mass is 10.1. The Kier molecular flexibility index (Phi) is 6.29. The Hall–Kier alpha value is -2.89. The molecule has 0 saturated heterocycles. The summed E-state index contributed by atoms with van der Waals surface area (Å²) in [7, 11) is 1.83. The van der Waals surface area contributed by atoms with Gasteiger partial charge in [-0.15, -0.1) is 0 Å². The van der Waals surface area contributed by atoms with Crippen LogP contribution in [-0.2, 0) is 9.59 Å². The summed E-state index contributed by atoms with van der Waals surface area (Å²) in [5, 5.41) is 8.55. The SMILES string of the molecule is C[C@@H](C(=O)Nc1ccc2ccccc2c1)[NH+](C)CC(=O)Nc1ccc(Cl)cc1. The average molecular weight is 397 g/mol. The predicted molar refractivity (Wildman–Crippen MR) is 114 cm³/mol. The van der Waals surface area contributed by atoms with Crippen LogP contribution in [0.25, 0.3) is 10.8 Å². The smallest absolute Gasteiger partial charge is 0.282 e. The number of hydrogen-bond donors (Lipinski definition) is 3. The van der Waals surface area contributed by atoms with E-state index in [1.165, 1.54) is 0 Å². The molecule has 3 N–H and O–H groups in total. The number of carbonyl (C=O) groups excluding carboxylic acids is 2. The Morgan fingerprint density at radius 2 is 1.57 bits per heavy atom. The number of likely N-dealkylation sites (N-methyl/N-ethyl adjacent to an activating group) is 1. The molecule has 0 bridgehead atoms. The molecule has 2 atom stereocenters. The van der Waals surface area contributed by atoms with E-state index in [0.717, 1.165) is 21.4 Å².